The Morgan fingerprint density at radius 3 is 2.82 bits per heavy atom. The Kier molecular flexibility index (Phi) is 4.79. The SMILES string of the molecule is CCC(O)c1cc2n(n1)CCN(C(=O)c1cnc(N)nc1-c1ccccc1)C2. The number of aromatic nitrogens is 4. The lowest BCUT2D eigenvalue weighted by Gasteiger charge is -2.28. The van der Waals surface area contributed by atoms with E-state index < -0.39 is 6.10 Å². The molecular weight excluding hydrogens is 356 g/mol. The van der Waals surface area contributed by atoms with E-state index in [1.165, 1.54) is 6.20 Å². The Bertz CT molecular complexity index is 1000. The summed E-state index contributed by atoms with van der Waals surface area (Å²) in [7, 11) is 0. The van der Waals surface area contributed by atoms with Gasteiger partial charge in [0.05, 0.1) is 41.8 Å². The molecule has 2 aromatic heterocycles. The van der Waals surface area contributed by atoms with Crippen molar-refractivity contribution in [3.8, 4) is 11.3 Å². The van der Waals surface area contributed by atoms with Crippen molar-refractivity contribution < 1.29 is 9.90 Å². The smallest absolute Gasteiger partial charge is 0.258 e. The molecule has 1 aromatic carbocycles. The molecule has 0 bridgehead atoms. The molecule has 8 nitrogen and oxygen atoms in total. The number of fused-ring (bicyclic) bond motifs is 1. The van der Waals surface area contributed by atoms with Gasteiger partial charge in [-0.3, -0.25) is 9.48 Å². The highest BCUT2D eigenvalue weighted by Gasteiger charge is 2.27. The summed E-state index contributed by atoms with van der Waals surface area (Å²) < 4.78 is 1.86. The topological polar surface area (TPSA) is 110 Å². The van der Waals surface area contributed by atoms with E-state index in [4.69, 9.17) is 5.73 Å². The summed E-state index contributed by atoms with van der Waals surface area (Å²) >= 11 is 0. The number of anilines is 1. The average molecular weight is 378 g/mol. The van der Waals surface area contributed by atoms with Crippen molar-refractivity contribution in [3.05, 3.63) is 59.5 Å². The van der Waals surface area contributed by atoms with Gasteiger partial charge in [-0.15, -0.1) is 0 Å². The minimum Gasteiger partial charge on any atom is -0.387 e. The van der Waals surface area contributed by atoms with E-state index in [1.807, 2.05) is 48.0 Å². The average Bonchev–Trinajstić information content (AvgIpc) is 3.16. The van der Waals surface area contributed by atoms with E-state index in [1.54, 1.807) is 4.90 Å². The van der Waals surface area contributed by atoms with Crippen molar-refractivity contribution in [2.45, 2.75) is 32.5 Å². The Morgan fingerprint density at radius 1 is 1.29 bits per heavy atom. The van der Waals surface area contributed by atoms with Gasteiger partial charge in [-0.05, 0) is 12.5 Å². The number of nitrogens with zero attached hydrogens (tertiary/aromatic N) is 5. The fourth-order valence-electron chi connectivity index (χ4n) is 3.37. The summed E-state index contributed by atoms with van der Waals surface area (Å²) in [5.74, 6) is -0.0192. The second-order valence-corrected chi connectivity index (χ2v) is 6.79. The molecule has 144 valence electrons. The number of aliphatic hydroxyl groups excluding tert-OH is 1. The standard InChI is InChI=1S/C20H22N6O2/c1-2-17(27)16-10-14-12-25(8-9-26(14)24-16)19(28)15-11-22-20(21)23-18(15)13-6-4-3-5-7-13/h3-7,10-11,17,27H,2,8-9,12H2,1H3,(H2,21,22,23). The van der Waals surface area contributed by atoms with Gasteiger partial charge >= 0.3 is 0 Å². The molecule has 1 unspecified atom stereocenters. The first-order valence-corrected chi connectivity index (χ1v) is 9.28. The molecule has 3 aromatic rings. The van der Waals surface area contributed by atoms with E-state index in [0.29, 0.717) is 43.0 Å². The normalized spacial score (nSPS) is 14.6. The van der Waals surface area contributed by atoms with Crippen LogP contribution in [0.3, 0.4) is 0 Å². The maximum absolute atomic E-state index is 13.2. The minimum atomic E-state index is -0.586. The number of hydrogen-bond donors (Lipinski definition) is 2. The van der Waals surface area contributed by atoms with Crippen LogP contribution in [0.5, 0.6) is 0 Å². The molecule has 3 N–H and O–H groups in total. The van der Waals surface area contributed by atoms with Crippen molar-refractivity contribution >= 4 is 11.9 Å². The monoisotopic (exact) mass is 378 g/mol. The third kappa shape index (κ3) is 3.34. The van der Waals surface area contributed by atoms with Crippen LogP contribution < -0.4 is 5.73 Å². The molecule has 1 amide bonds. The third-order valence-corrected chi connectivity index (χ3v) is 4.92. The van der Waals surface area contributed by atoms with Crippen molar-refractivity contribution in [1.82, 2.24) is 24.6 Å². The molecule has 0 spiro atoms. The Hall–Kier alpha value is -3.26. The van der Waals surface area contributed by atoms with Crippen LogP contribution in [0.4, 0.5) is 5.95 Å². The number of benzene rings is 1. The van der Waals surface area contributed by atoms with Gasteiger partial charge in [-0.2, -0.15) is 5.10 Å². The van der Waals surface area contributed by atoms with Crippen LogP contribution in [-0.4, -0.2) is 42.2 Å². The lowest BCUT2D eigenvalue weighted by Crippen LogP contribution is -2.38. The maximum atomic E-state index is 13.2. The van der Waals surface area contributed by atoms with E-state index in [-0.39, 0.29) is 11.9 Å². The van der Waals surface area contributed by atoms with Crippen LogP contribution >= 0.6 is 0 Å². The summed E-state index contributed by atoms with van der Waals surface area (Å²) in [6.07, 6.45) is 1.51. The minimum absolute atomic E-state index is 0.130. The molecular formula is C20H22N6O2. The molecule has 1 aliphatic rings. The summed E-state index contributed by atoms with van der Waals surface area (Å²) in [5.41, 5.74) is 9.08. The second-order valence-electron chi connectivity index (χ2n) is 6.79. The second kappa shape index (κ2) is 7.40. The lowest BCUT2D eigenvalue weighted by atomic mass is 10.1. The Morgan fingerprint density at radius 2 is 2.07 bits per heavy atom. The number of rotatable bonds is 4. The van der Waals surface area contributed by atoms with Gasteiger partial charge in [0.2, 0.25) is 5.95 Å². The maximum Gasteiger partial charge on any atom is 0.258 e. The lowest BCUT2D eigenvalue weighted by molar-refractivity contribution is 0.0705. The van der Waals surface area contributed by atoms with E-state index in [0.717, 1.165) is 11.3 Å². The predicted octanol–water partition coefficient (Wildman–Crippen LogP) is 2.02. The van der Waals surface area contributed by atoms with Crippen LogP contribution in [0.1, 0.15) is 41.2 Å². The largest absolute Gasteiger partial charge is 0.387 e. The van der Waals surface area contributed by atoms with E-state index >= 15 is 0 Å². The molecule has 0 saturated carbocycles. The summed E-state index contributed by atoms with van der Waals surface area (Å²) in [4.78, 5) is 23.3. The molecule has 28 heavy (non-hydrogen) atoms. The van der Waals surface area contributed by atoms with Crippen LogP contribution in [0.25, 0.3) is 11.3 Å². The van der Waals surface area contributed by atoms with Crippen LogP contribution in [0.2, 0.25) is 0 Å². The Balaban J connectivity index is 1.63. The molecule has 8 heteroatoms. The number of aliphatic hydroxyl groups is 1. The van der Waals surface area contributed by atoms with Crippen molar-refractivity contribution in [3.63, 3.8) is 0 Å². The molecule has 0 fully saturated rings. The van der Waals surface area contributed by atoms with Crippen LogP contribution in [0.15, 0.2) is 42.6 Å². The first kappa shape index (κ1) is 18.1. The molecule has 0 radical (unpaired) electrons. The van der Waals surface area contributed by atoms with Crippen LogP contribution in [0, 0.1) is 0 Å². The van der Waals surface area contributed by atoms with Crippen molar-refractivity contribution in [1.29, 1.82) is 0 Å². The zero-order valence-electron chi connectivity index (χ0n) is 15.6. The summed E-state index contributed by atoms with van der Waals surface area (Å²) in [6, 6.07) is 11.3. The third-order valence-electron chi connectivity index (χ3n) is 4.92. The highest BCUT2D eigenvalue weighted by Crippen LogP contribution is 2.25. The van der Waals surface area contributed by atoms with Gasteiger partial charge in [-0.1, -0.05) is 37.3 Å². The van der Waals surface area contributed by atoms with E-state index in [2.05, 4.69) is 15.1 Å². The molecule has 1 atom stereocenters. The summed E-state index contributed by atoms with van der Waals surface area (Å²) in [5, 5.41) is 14.5. The molecule has 3 heterocycles. The highest BCUT2D eigenvalue weighted by molar-refractivity contribution is 5.99. The first-order chi connectivity index (χ1) is 13.6. The fraction of sp³-hybridized carbons (Fsp3) is 0.300. The quantitative estimate of drug-likeness (QED) is 0.719. The van der Waals surface area contributed by atoms with Crippen LogP contribution in [-0.2, 0) is 13.1 Å². The number of nitrogen functional groups attached to an aromatic ring is 1. The number of carbonyl (C=O) groups excluding carboxylic acids is 1. The summed E-state index contributed by atoms with van der Waals surface area (Å²) in [6.45, 7) is 3.42. The van der Waals surface area contributed by atoms with Crippen molar-refractivity contribution in [2.24, 2.45) is 0 Å². The van der Waals surface area contributed by atoms with Gasteiger partial charge < -0.3 is 15.7 Å². The molecule has 0 saturated heterocycles. The van der Waals surface area contributed by atoms with Gasteiger partial charge in [-0.25, -0.2) is 9.97 Å². The molecule has 1 aliphatic heterocycles. The Labute approximate surface area is 162 Å². The highest BCUT2D eigenvalue weighted by atomic mass is 16.3. The van der Waals surface area contributed by atoms with Gasteiger partial charge in [0.25, 0.3) is 5.91 Å². The number of carbonyl (C=O) groups is 1. The zero-order chi connectivity index (χ0) is 19.7. The molecule has 4 rings (SSSR count). The van der Waals surface area contributed by atoms with Gasteiger partial charge in [0, 0.05) is 18.3 Å². The van der Waals surface area contributed by atoms with Gasteiger partial charge in [0.1, 0.15) is 0 Å². The molecule has 0 aliphatic carbocycles. The van der Waals surface area contributed by atoms with Gasteiger partial charge in [0.15, 0.2) is 0 Å². The predicted molar refractivity (Wildman–Crippen MR) is 104 cm³/mol. The number of amides is 1. The number of hydrogen-bond acceptors (Lipinski definition) is 6. The first-order valence-electron chi connectivity index (χ1n) is 9.28. The fourth-order valence-corrected chi connectivity index (χ4v) is 3.37. The van der Waals surface area contributed by atoms with Crippen molar-refractivity contribution in [2.75, 3.05) is 12.3 Å². The van der Waals surface area contributed by atoms with E-state index in [9.17, 15) is 9.90 Å². The zero-order valence-corrected chi connectivity index (χ0v) is 15.6. The number of nitrogens with two attached hydrogens (primary N) is 1.